The Kier molecular flexibility index (Phi) is 5.34. The van der Waals surface area contributed by atoms with E-state index < -0.39 is 0 Å². The second-order valence-electron chi connectivity index (χ2n) is 2.78. The Morgan fingerprint density at radius 1 is 1.40 bits per heavy atom. The smallest absolute Gasteiger partial charge is 0.139 e. The highest BCUT2D eigenvalue weighted by molar-refractivity contribution is 6.42. The molecular weight excluding hydrogens is 233 g/mol. The van der Waals surface area contributed by atoms with Gasteiger partial charge < -0.3 is 10.1 Å². The lowest BCUT2D eigenvalue weighted by atomic mass is 10.3. The molecule has 0 heterocycles. The summed E-state index contributed by atoms with van der Waals surface area (Å²) >= 11 is 11.7. The van der Waals surface area contributed by atoms with Gasteiger partial charge in [0, 0.05) is 6.54 Å². The molecule has 0 aliphatic rings. The number of nitrogens with one attached hydrogen (secondary N) is 1. The van der Waals surface area contributed by atoms with E-state index in [1.54, 1.807) is 18.2 Å². The van der Waals surface area contributed by atoms with Crippen LogP contribution >= 0.6 is 23.2 Å². The highest BCUT2D eigenvalue weighted by Gasteiger charge is 2.04. The number of rotatable bonds is 5. The van der Waals surface area contributed by atoms with E-state index in [-0.39, 0.29) is 0 Å². The van der Waals surface area contributed by atoms with Gasteiger partial charge in [-0.3, -0.25) is 0 Å². The molecule has 1 aromatic carbocycles. The lowest BCUT2D eigenvalue weighted by Crippen LogP contribution is -2.21. The van der Waals surface area contributed by atoms with E-state index in [4.69, 9.17) is 34.4 Å². The molecule has 0 fully saturated rings. The molecule has 0 aliphatic heterocycles. The molecule has 0 spiro atoms. The monoisotopic (exact) mass is 243 g/mol. The molecular formula is C11H11Cl2NO. The van der Waals surface area contributed by atoms with Crippen LogP contribution in [0.25, 0.3) is 0 Å². The molecule has 0 amide bonds. The first kappa shape index (κ1) is 12.2. The van der Waals surface area contributed by atoms with Gasteiger partial charge in [-0.2, -0.15) is 0 Å². The molecule has 80 valence electrons. The van der Waals surface area contributed by atoms with Crippen molar-refractivity contribution in [2.24, 2.45) is 0 Å². The van der Waals surface area contributed by atoms with E-state index in [1.807, 2.05) is 0 Å². The molecule has 15 heavy (non-hydrogen) atoms. The number of terminal acetylenes is 1. The number of hydrogen-bond acceptors (Lipinski definition) is 2. The Labute approximate surface area is 99.5 Å². The maximum atomic E-state index is 5.92. The Balaban J connectivity index is 2.38. The van der Waals surface area contributed by atoms with Crippen LogP contribution in [-0.2, 0) is 0 Å². The third-order valence-corrected chi connectivity index (χ3v) is 2.48. The third kappa shape index (κ3) is 4.01. The van der Waals surface area contributed by atoms with Crippen LogP contribution in [0.15, 0.2) is 18.2 Å². The quantitative estimate of drug-likeness (QED) is 0.635. The van der Waals surface area contributed by atoms with Crippen LogP contribution in [0.1, 0.15) is 0 Å². The van der Waals surface area contributed by atoms with Crippen molar-refractivity contribution < 1.29 is 4.74 Å². The SMILES string of the molecule is C#CCNCCOc1cccc(Cl)c1Cl. The lowest BCUT2D eigenvalue weighted by molar-refractivity contribution is 0.317. The summed E-state index contributed by atoms with van der Waals surface area (Å²) in [5.41, 5.74) is 0. The molecule has 0 saturated carbocycles. The molecule has 2 nitrogen and oxygen atoms in total. The van der Waals surface area contributed by atoms with Gasteiger partial charge in [0.05, 0.1) is 11.6 Å². The van der Waals surface area contributed by atoms with Gasteiger partial charge in [-0.15, -0.1) is 6.42 Å². The zero-order valence-corrected chi connectivity index (χ0v) is 9.61. The molecule has 0 atom stereocenters. The summed E-state index contributed by atoms with van der Waals surface area (Å²) in [4.78, 5) is 0. The van der Waals surface area contributed by atoms with Crippen molar-refractivity contribution in [3.63, 3.8) is 0 Å². The second kappa shape index (κ2) is 6.58. The van der Waals surface area contributed by atoms with E-state index in [9.17, 15) is 0 Å². The molecule has 1 aromatic rings. The minimum absolute atomic E-state index is 0.441. The molecule has 0 unspecified atom stereocenters. The zero-order chi connectivity index (χ0) is 11.1. The number of ether oxygens (including phenoxy) is 1. The van der Waals surface area contributed by atoms with Crippen molar-refractivity contribution in [2.45, 2.75) is 0 Å². The normalized spacial score (nSPS) is 9.67. The Morgan fingerprint density at radius 2 is 2.20 bits per heavy atom. The fraction of sp³-hybridized carbons (Fsp3) is 0.273. The minimum atomic E-state index is 0.441. The predicted molar refractivity (Wildman–Crippen MR) is 63.7 cm³/mol. The van der Waals surface area contributed by atoms with Crippen LogP contribution in [0.4, 0.5) is 0 Å². The molecule has 1 rings (SSSR count). The third-order valence-electron chi connectivity index (χ3n) is 1.68. The maximum absolute atomic E-state index is 5.92. The maximum Gasteiger partial charge on any atom is 0.139 e. The summed E-state index contributed by atoms with van der Waals surface area (Å²) in [5.74, 6) is 3.06. The van der Waals surface area contributed by atoms with E-state index in [1.165, 1.54) is 0 Å². The van der Waals surface area contributed by atoms with Crippen molar-refractivity contribution in [1.29, 1.82) is 0 Å². The van der Waals surface area contributed by atoms with Gasteiger partial charge in [0.25, 0.3) is 0 Å². The van der Waals surface area contributed by atoms with Gasteiger partial charge in [0.1, 0.15) is 17.4 Å². The largest absolute Gasteiger partial charge is 0.491 e. The summed E-state index contributed by atoms with van der Waals surface area (Å²) in [7, 11) is 0. The van der Waals surface area contributed by atoms with Gasteiger partial charge in [-0.05, 0) is 12.1 Å². The minimum Gasteiger partial charge on any atom is -0.491 e. The number of benzene rings is 1. The lowest BCUT2D eigenvalue weighted by Gasteiger charge is -2.08. The summed E-state index contributed by atoms with van der Waals surface area (Å²) in [6.45, 7) is 1.71. The van der Waals surface area contributed by atoms with Crippen LogP contribution in [-0.4, -0.2) is 19.7 Å². The van der Waals surface area contributed by atoms with Gasteiger partial charge in [-0.25, -0.2) is 0 Å². The fourth-order valence-electron chi connectivity index (χ4n) is 0.989. The summed E-state index contributed by atoms with van der Waals surface area (Å²) in [6, 6.07) is 5.28. The van der Waals surface area contributed by atoms with Crippen molar-refractivity contribution in [1.82, 2.24) is 5.32 Å². The highest BCUT2D eigenvalue weighted by Crippen LogP contribution is 2.31. The van der Waals surface area contributed by atoms with Crippen molar-refractivity contribution in [2.75, 3.05) is 19.7 Å². The topological polar surface area (TPSA) is 21.3 Å². The van der Waals surface area contributed by atoms with Crippen LogP contribution in [0, 0.1) is 12.3 Å². The van der Waals surface area contributed by atoms with Gasteiger partial charge >= 0.3 is 0 Å². The van der Waals surface area contributed by atoms with Crippen LogP contribution in [0.2, 0.25) is 10.0 Å². The molecule has 0 saturated heterocycles. The Bertz CT molecular complexity index is 360. The fourth-order valence-corrected chi connectivity index (χ4v) is 1.34. The molecule has 4 heteroatoms. The summed E-state index contributed by atoms with van der Waals surface area (Å²) in [6.07, 6.45) is 5.07. The van der Waals surface area contributed by atoms with E-state index in [0.717, 1.165) is 0 Å². The average Bonchev–Trinajstić information content (AvgIpc) is 2.24. The van der Waals surface area contributed by atoms with Gasteiger partial charge in [-0.1, -0.05) is 35.2 Å². The van der Waals surface area contributed by atoms with Crippen LogP contribution in [0.3, 0.4) is 0 Å². The van der Waals surface area contributed by atoms with Crippen molar-refractivity contribution in [3.05, 3.63) is 28.2 Å². The van der Waals surface area contributed by atoms with Crippen LogP contribution < -0.4 is 10.1 Å². The standard InChI is InChI=1S/C11H11Cl2NO/c1-2-6-14-7-8-15-10-5-3-4-9(12)11(10)13/h1,3-5,14H,6-8H2. The van der Waals surface area contributed by atoms with Crippen LogP contribution in [0.5, 0.6) is 5.75 Å². The second-order valence-corrected chi connectivity index (χ2v) is 3.57. The Hall–Kier alpha value is -0.880. The van der Waals surface area contributed by atoms with E-state index >= 15 is 0 Å². The average molecular weight is 244 g/mol. The van der Waals surface area contributed by atoms with Crippen molar-refractivity contribution >= 4 is 23.2 Å². The van der Waals surface area contributed by atoms with E-state index in [0.29, 0.717) is 35.5 Å². The number of hydrogen-bond donors (Lipinski definition) is 1. The number of halogens is 2. The molecule has 0 bridgehead atoms. The first-order chi connectivity index (χ1) is 7.25. The molecule has 1 N–H and O–H groups in total. The van der Waals surface area contributed by atoms with E-state index in [2.05, 4.69) is 11.2 Å². The summed E-state index contributed by atoms with van der Waals surface area (Å²) < 4.78 is 5.42. The first-order valence-corrected chi connectivity index (χ1v) is 5.22. The summed E-state index contributed by atoms with van der Waals surface area (Å²) in [5, 5.41) is 3.93. The van der Waals surface area contributed by atoms with Crippen molar-refractivity contribution in [3.8, 4) is 18.1 Å². The van der Waals surface area contributed by atoms with Gasteiger partial charge in [0.2, 0.25) is 0 Å². The Morgan fingerprint density at radius 3 is 2.93 bits per heavy atom. The van der Waals surface area contributed by atoms with Gasteiger partial charge in [0.15, 0.2) is 0 Å². The predicted octanol–water partition coefficient (Wildman–Crippen LogP) is 2.60. The molecule has 0 radical (unpaired) electrons. The highest BCUT2D eigenvalue weighted by atomic mass is 35.5. The zero-order valence-electron chi connectivity index (χ0n) is 8.09. The first-order valence-electron chi connectivity index (χ1n) is 4.46. The molecule has 0 aromatic heterocycles. The molecule has 0 aliphatic carbocycles.